The largest absolute Gasteiger partial charge is 0.395 e. The van der Waals surface area contributed by atoms with E-state index in [-0.39, 0.29) is 12.5 Å². The number of aliphatic hydroxyl groups excluding tert-OH is 1. The summed E-state index contributed by atoms with van der Waals surface area (Å²) >= 11 is 1.57. The Kier molecular flexibility index (Phi) is 7.91. The Balaban J connectivity index is 2.30. The molecule has 0 spiro atoms. The standard InChI is InChI=1S/C14H19NO3S/c1-18-8-4-6-14(17)15-10-13-9-12(11-19-13)5-2-3-7-16/h9,11,16H,3-4,6-8,10H2,1H3,(H,15,17). The Labute approximate surface area is 117 Å². The Morgan fingerprint density at radius 2 is 2.42 bits per heavy atom. The molecule has 0 saturated carbocycles. The maximum Gasteiger partial charge on any atom is 0.220 e. The summed E-state index contributed by atoms with van der Waals surface area (Å²) in [4.78, 5) is 12.6. The second-order valence-electron chi connectivity index (χ2n) is 3.95. The van der Waals surface area contributed by atoms with Crippen LogP contribution in [0.1, 0.15) is 29.7 Å². The summed E-state index contributed by atoms with van der Waals surface area (Å²) in [6.07, 6.45) is 1.72. The van der Waals surface area contributed by atoms with Crippen LogP contribution < -0.4 is 5.32 Å². The van der Waals surface area contributed by atoms with Crippen molar-refractivity contribution in [3.05, 3.63) is 21.9 Å². The van der Waals surface area contributed by atoms with Crippen LogP contribution in [0.2, 0.25) is 0 Å². The van der Waals surface area contributed by atoms with Crippen LogP contribution >= 0.6 is 11.3 Å². The Morgan fingerprint density at radius 3 is 3.16 bits per heavy atom. The summed E-state index contributed by atoms with van der Waals surface area (Å²) in [6.45, 7) is 1.23. The van der Waals surface area contributed by atoms with Crippen molar-refractivity contribution >= 4 is 17.2 Å². The molecule has 0 fully saturated rings. The van der Waals surface area contributed by atoms with Crippen LogP contribution in [-0.2, 0) is 16.1 Å². The van der Waals surface area contributed by atoms with E-state index >= 15 is 0 Å². The molecule has 1 amide bonds. The van der Waals surface area contributed by atoms with E-state index in [0.717, 1.165) is 16.9 Å². The molecule has 0 bridgehead atoms. The molecule has 1 rings (SSSR count). The van der Waals surface area contributed by atoms with Crippen molar-refractivity contribution in [3.8, 4) is 11.8 Å². The van der Waals surface area contributed by atoms with Gasteiger partial charge in [0.1, 0.15) is 0 Å². The number of thiophene rings is 1. The summed E-state index contributed by atoms with van der Waals surface area (Å²) in [5.74, 6) is 5.88. The van der Waals surface area contributed by atoms with Crippen LogP contribution in [0.15, 0.2) is 11.4 Å². The van der Waals surface area contributed by atoms with Gasteiger partial charge in [-0.1, -0.05) is 11.8 Å². The normalized spacial score (nSPS) is 9.79. The number of ether oxygens (including phenoxy) is 1. The highest BCUT2D eigenvalue weighted by molar-refractivity contribution is 7.10. The third-order valence-corrected chi connectivity index (χ3v) is 3.27. The van der Waals surface area contributed by atoms with Gasteiger partial charge in [-0.3, -0.25) is 4.79 Å². The molecule has 0 saturated heterocycles. The van der Waals surface area contributed by atoms with Gasteiger partial charge in [-0.2, -0.15) is 0 Å². The zero-order valence-corrected chi connectivity index (χ0v) is 11.9. The van der Waals surface area contributed by atoms with Crippen molar-refractivity contribution in [3.63, 3.8) is 0 Å². The van der Waals surface area contributed by atoms with Crippen molar-refractivity contribution in [2.24, 2.45) is 0 Å². The van der Waals surface area contributed by atoms with Crippen LogP contribution in [0.5, 0.6) is 0 Å². The number of hydrogen-bond acceptors (Lipinski definition) is 4. The Hall–Kier alpha value is -1.35. The zero-order chi connectivity index (χ0) is 13.9. The lowest BCUT2D eigenvalue weighted by atomic mass is 10.3. The average molecular weight is 281 g/mol. The first-order valence-corrected chi connectivity index (χ1v) is 7.07. The van der Waals surface area contributed by atoms with Gasteiger partial charge in [-0.25, -0.2) is 0 Å². The van der Waals surface area contributed by atoms with E-state index in [1.54, 1.807) is 18.4 Å². The number of methoxy groups -OCH3 is 1. The van der Waals surface area contributed by atoms with Crippen LogP contribution in [0.4, 0.5) is 0 Å². The second-order valence-corrected chi connectivity index (χ2v) is 4.95. The van der Waals surface area contributed by atoms with E-state index < -0.39 is 0 Å². The van der Waals surface area contributed by atoms with E-state index in [1.807, 2.05) is 11.4 Å². The minimum Gasteiger partial charge on any atom is -0.395 e. The van der Waals surface area contributed by atoms with E-state index in [2.05, 4.69) is 17.2 Å². The van der Waals surface area contributed by atoms with Crippen molar-refractivity contribution in [1.82, 2.24) is 5.32 Å². The fourth-order valence-electron chi connectivity index (χ4n) is 1.41. The molecular formula is C14H19NO3S. The molecule has 0 aliphatic rings. The molecule has 104 valence electrons. The molecule has 1 heterocycles. The first-order chi connectivity index (χ1) is 9.26. The quantitative estimate of drug-likeness (QED) is 0.588. The van der Waals surface area contributed by atoms with Gasteiger partial charge >= 0.3 is 0 Å². The first kappa shape index (κ1) is 15.7. The zero-order valence-electron chi connectivity index (χ0n) is 11.1. The van der Waals surface area contributed by atoms with Crippen LogP contribution in [0.3, 0.4) is 0 Å². The van der Waals surface area contributed by atoms with E-state index in [9.17, 15) is 4.79 Å². The maximum absolute atomic E-state index is 11.5. The molecule has 0 atom stereocenters. The molecule has 5 heteroatoms. The maximum atomic E-state index is 11.5. The van der Waals surface area contributed by atoms with Gasteiger partial charge in [0.15, 0.2) is 0 Å². The summed E-state index contributed by atoms with van der Waals surface area (Å²) < 4.78 is 4.89. The molecule has 1 aromatic rings. The van der Waals surface area contributed by atoms with E-state index in [1.165, 1.54) is 0 Å². The SMILES string of the molecule is COCCCC(=O)NCc1cc(C#CCCO)cs1. The molecule has 19 heavy (non-hydrogen) atoms. The van der Waals surface area contributed by atoms with Crippen LogP contribution in [-0.4, -0.2) is 31.3 Å². The van der Waals surface area contributed by atoms with E-state index in [4.69, 9.17) is 9.84 Å². The lowest BCUT2D eigenvalue weighted by Crippen LogP contribution is -2.22. The van der Waals surface area contributed by atoms with Crippen LogP contribution in [0, 0.1) is 11.8 Å². The number of rotatable bonds is 7. The van der Waals surface area contributed by atoms with Gasteiger partial charge in [0, 0.05) is 42.4 Å². The number of carbonyl (C=O) groups is 1. The molecule has 0 radical (unpaired) electrons. The number of amides is 1. The van der Waals surface area contributed by atoms with Gasteiger partial charge in [-0.05, 0) is 12.5 Å². The molecule has 0 aromatic carbocycles. The van der Waals surface area contributed by atoms with Gasteiger partial charge in [0.25, 0.3) is 0 Å². The summed E-state index contributed by atoms with van der Waals surface area (Å²) in [5.41, 5.74) is 0.932. The van der Waals surface area contributed by atoms with Gasteiger partial charge < -0.3 is 15.2 Å². The highest BCUT2D eigenvalue weighted by Gasteiger charge is 2.02. The monoisotopic (exact) mass is 281 g/mol. The number of hydrogen-bond donors (Lipinski definition) is 2. The lowest BCUT2D eigenvalue weighted by molar-refractivity contribution is -0.121. The Bertz CT molecular complexity index is 445. The molecule has 4 nitrogen and oxygen atoms in total. The lowest BCUT2D eigenvalue weighted by Gasteiger charge is -2.02. The molecule has 0 unspecified atom stereocenters. The number of carbonyl (C=O) groups excluding carboxylic acids is 1. The highest BCUT2D eigenvalue weighted by atomic mass is 32.1. The number of nitrogens with one attached hydrogen (secondary N) is 1. The third kappa shape index (κ3) is 6.97. The minimum atomic E-state index is 0.0402. The molecule has 2 N–H and O–H groups in total. The third-order valence-electron chi connectivity index (χ3n) is 2.34. The Morgan fingerprint density at radius 1 is 1.58 bits per heavy atom. The summed E-state index contributed by atoms with van der Waals surface area (Å²) in [5, 5.41) is 13.4. The summed E-state index contributed by atoms with van der Waals surface area (Å²) in [7, 11) is 1.63. The predicted octanol–water partition coefficient (Wildman–Crippen LogP) is 1.52. The van der Waals surface area contributed by atoms with Gasteiger partial charge in [0.05, 0.1) is 13.2 Å². The van der Waals surface area contributed by atoms with Crippen molar-refractivity contribution < 1.29 is 14.6 Å². The predicted molar refractivity (Wildman–Crippen MR) is 75.9 cm³/mol. The molecule has 1 aromatic heterocycles. The van der Waals surface area contributed by atoms with Gasteiger partial charge in [0.2, 0.25) is 5.91 Å². The second kappa shape index (κ2) is 9.56. The van der Waals surface area contributed by atoms with Crippen molar-refractivity contribution in [1.29, 1.82) is 0 Å². The molecule has 0 aliphatic heterocycles. The smallest absolute Gasteiger partial charge is 0.220 e. The molecular weight excluding hydrogens is 262 g/mol. The fourth-order valence-corrected chi connectivity index (χ4v) is 2.17. The molecule has 0 aliphatic carbocycles. The topological polar surface area (TPSA) is 58.6 Å². The highest BCUT2D eigenvalue weighted by Crippen LogP contribution is 2.13. The summed E-state index contributed by atoms with van der Waals surface area (Å²) in [6, 6.07) is 1.96. The van der Waals surface area contributed by atoms with Crippen molar-refractivity contribution in [2.45, 2.75) is 25.8 Å². The minimum absolute atomic E-state index is 0.0402. The fraction of sp³-hybridized carbons (Fsp3) is 0.500. The van der Waals surface area contributed by atoms with Gasteiger partial charge in [-0.15, -0.1) is 11.3 Å². The van der Waals surface area contributed by atoms with Crippen LogP contribution in [0.25, 0.3) is 0 Å². The average Bonchev–Trinajstić information content (AvgIpc) is 2.85. The first-order valence-electron chi connectivity index (χ1n) is 6.19. The number of aliphatic hydroxyl groups is 1. The van der Waals surface area contributed by atoms with Crippen molar-refractivity contribution in [2.75, 3.05) is 20.3 Å². The van der Waals surface area contributed by atoms with E-state index in [0.29, 0.717) is 26.0 Å².